The van der Waals surface area contributed by atoms with Gasteiger partial charge in [0.1, 0.15) is 13.2 Å². The first-order valence-electron chi connectivity index (χ1n) is 7.49. The zero-order valence-electron chi connectivity index (χ0n) is 13.4. The summed E-state index contributed by atoms with van der Waals surface area (Å²) < 4.78 is 33.7. The second-order valence-corrected chi connectivity index (χ2v) is 8.25. The summed E-state index contributed by atoms with van der Waals surface area (Å²) >= 11 is 6.18. The molecule has 3 rings (SSSR count). The van der Waals surface area contributed by atoms with E-state index in [-0.39, 0.29) is 5.75 Å². The number of carbonyl (C=O) groups excluding carboxylic acids is 1. The second kappa shape index (κ2) is 6.93. The number of carbonyl (C=O) groups is 1. The van der Waals surface area contributed by atoms with E-state index in [0.717, 1.165) is 6.26 Å². The summed E-state index contributed by atoms with van der Waals surface area (Å²) in [7, 11) is -3.18. The smallest absolute Gasteiger partial charge is 0.255 e. The summed E-state index contributed by atoms with van der Waals surface area (Å²) in [4.78, 5) is 12.5. The van der Waals surface area contributed by atoms with Crippen LogP contribution >= 0.6 is 11.6 Å². The Morgan fingerprint density at radius 1 is 1.16 bits per heavy atom. The standard InChI is InChI=1S/C17H16ClNO5S/c1-25(21,22)10-11-3-2-4-12(7-11)17(20)19-14-9-16-15(8-13(14)18)23-5-6-24-16/h2-4,7-9H,5-6,10H2,1H3,(H,19,20). The average Bonchev–Trinajstić information content (AvgIpc) is 2.54. The first-order chi connectivity index (χ1) is 11.8. The third-order valence-corrected chi connectivity index (χ3v) is 4.67. The van der Waals surface area contributed by atoms with E-state index in [1.807, 2.05) is 0 Å². The third kappa shape index (κ3) is 4.43. The van der Waals surface area contributed by atoms with Crippen molar-refractivity contribution in [2.24, 2.45) is 0 Å². The largest absolute Gasteiger partial charge is 0.486 e. The molecule has 0 atom stereocenters. The van der Waals surface area contributed by atoms with Crippen molar-refractivity contribution < 1.29 is 22.7 Å². The van der Waals surface area contributed by atoms with E-state index in [9.17, 15) is 13.2 Å². The van der Waals surface area contributed by atoms with Gasteiger partial charge in [0.15, 0.2) is 21.3 Å². The lowest BCUT2D eigenvalue weighted by Gasteiger charge is -2.20. The van der Waals surface area contributed by atoms with Crippen LogP contribution in [0.5, 0.6) is 11.5 Å². The lowest BCUT2D eigenvalue weighted by molar-refractivity contribution is 0.102. The van der Waals surface area contributed by atoms with E-state index in [0.29, 0.717) is 46.5 Å². The van der Waals surface area contributed by atoms with Gasteiger partial charge in [-0.1, -0.05) is 23.7 Å². The highest BCUT2D eigenvalue weighted by Crippen LogP contribution is 2.38. The third-order valence-electron chi connectivity index (χ3n) is 3.50. The number of hydrogen-bond donors (Lipinski definition) is 1. The van der Waals surface area contributed by atoms with Crippen LogP contribution in [0.4, 0.5) is 5.69 Å². The summed E-state index contributed by atoms with van der Waals surface area (Å²) in [5.74, 6) is 0.522. The molecule has 0 aliphatic carbocycles. The van der Waals surface area contributed by atoms with Gasteiger partial charge in [-0.25, -0.2) is 8.42 Å². The van der Waals surface area contributed by atoms with Crippen LogP contribution in [0.3, 0.4) is 0 Å². The fourth-order valence-electron chi connectivity index (χ4n) is 2.46. The van der Waals surface area contributed by atoms with Crippen molar-refractivity contribution in [2.75, 3.05) is 24.8 Å². The molecule has 0 unspecified atom stereocenters. The van der Waals surface area contributed by atoms with Gasteiger partial charge in [-0.15, -0.1) is 0 Å². The molecule has 0 aromatic heterocycles. The fraction of sp³-hybridized carbons (Fsp3) is 0.235. The molecule has 0 fully saturated rings. The number of sulfone groups is 1. The first kappa shape index (κ1) is 17.6. The van der Waals surface area contributed by atoms with Crippen molar-refractivity contribution in [1.82, 2.24) is 0 Å². The van der Waals surface area contributed by atoms with Gasteiger partial charge in [-0.2, -0.15) is 0 Å². The monoisotopic (exact) mass is 381 g/mol. The van der Waals surface area contributed by atoms with Crippen LogP contribution in [0.25, 0.3) is 0 Å². The van der Waals surface area contributed by atoms with Crippen LogP contribution in [0.2, 0.25) is 5.02 Å². The molecule has 0 saturated heterocycles. The van der Waals surface area contributed by atoms with E-state index in [2.05, 4.69) is 5.32 Å². The number of nitrogens with one attached hydrogen (secondary N) is 1. The van der Waals surface area contributed by atoms with Gasteiger partial charge in [0.25, 0.3) is 5.91 Å². The molecule has 2 aromatic carbocycles. The SMILES string of the molecule is CS(=O)(=O)Cc1cccc(C(=O)Nc2cc3c(cc2Cl)OCCO3)c1. The number of fused-ring (bicyclic) bond motifs is 1. The summed E-state index contributed by atoms with van der Waals surface area (Å²) in [6.07, 6.45) is 1.15. The quantitative estimate of drug-likeness (QED) is 0.880. The van der Waals surface area contributed by atoms with E-state index < -0.39 is 15.7 Å². The minimum absolute atomic E-state index is 0.126. The van der Waals surface area contributed by atoms with Crippen LogP contribution < -0.4 is 14.8 Å². The van der Waals surface area contributed by atoms with Crippen molar-refractivity contribution in [3.63, 3.8) is 0 Å². The highest BCUT2D eigenvalue weighted by atomic mass is 35.5. The molecule has 0 bridgehead atoms. The lowest BCUT2D eigenvalue weighted by atomic mass is 10.1. The number of hydrogen-bond acceptors (Lipinski definition) is 5. The predicted octanol–water partition coefficient (Wildman–Crippen LogP) is 2.91. The topological polar surface area (TPSA) is 81.7 Å². The van der Waals surface area contributed by atoms with Crippen LogP contribution in [-0.2, 0) is 15.6 Å². The van der Waals surface area contributed by atoms with Crippen LogP contribution in [0.1, 0.15) is 15.9 Å². The van der Waals surface area contributed by atoms with Gasteiger partial charge in [-0.05, 0) is 17.7 Å². The summed E-state index contributed by atoms with van der Waals surface area (Å²) in [5, 5.41) is 3.03. The van der Waals surface area contributed by atoms with Gasteiger partial charge in [-0.3, -0.25) is 4.79 Å². The first-order valence-corrected chi connectivity index (χ1v) is 9.93. The maximum absolute atomic E-state index is 12.5. The van der Waals surface area contributed by atoms with E-state index in [4.69, 9.17) is 21.1 Å². The van der Waals surface area contributed by atoms with E-state index in [1.165, 1.54) is 0 Å². The molecule has 6 nitrogen and oxygen atoms in total. The zero-order valence-corrected chi connectivity index (χ0v) is 15.0. The number of rotatable bonds is 4. The molecule has 1 amide bonds. The minimum Gasteiger partial charge on any atom is -0.486 e. The summed E-state index contributed by atoms with van der Waals surface area (Å²) in [6, 6.07) is 9.64. The Bertz CT molecular complexity index is 927. The Balaban J connectivity index is 1.82. The number of benzene rings is 2. The molecule has 0 radical (unpaired) electrons. The summed E-state index contributed by atoms with van der Waals surface area (Å²) in [6.45, 7) is 0.873. The normalized spacial score (nSPS) is 13.4. The molecule has 0 saturated carbocycles. The van der Waals surface area contributed by atoms with Gasteiger partial charge >= 0.3 is 0 Å². The molecule has 25 heavy (non-hydrogen) atoms. The van der Waals surface area contributed by atoms with Crippen LogP contribution in [0.15, 0.2) is 36.4 Å². The number of ether oxygens (including phenoxy) is 2. The maximum Gasteiger partial charge on any atom is 0.255 e. The summed E-state index contributed by atoms with van der Waals surface area (Å²) in [5.41, 5.74) is 1.28. The fourth-order valence-corrected chi connectivity index (χ4v) is 3.45. The lowest BCUT2D eigenvalue weighted by Crippen LogP contribution is -2.17. The Labute approximate surface area is 150 Å². The van der Waals surface area contributed by atoms with Gasteiger partial charge in [0.05, 0.1) is 16.5 Å². The van der Waals surface area contributed by atoms with Gasteiger partial charge in [0.2, 0.25) is 0 Å². The Morgan fingerprint density at radius 2 is 1.84 bits per heavy atom. The Morgan fingerprint density at radius 3 is 2.52 bits per heavy atom. The van der Waals surface area contributed by atoms with Gasteiger partial charge in [0, 0.05) is 24.0 Å². The number of halogens is 1. The average molecular weight is 382 g/mol. The van der Waals surface area contributed by atoms with Crippen molar-refractivity contribution in [1.29, 1.82) is 0 Å². The van der Waals surface area contributed by atoms with Crippen molar-refractivity contribution in [2.45, 2.75) is 5.75 Å². The molecular formula is C17H16ClNO5S. The van der Waals surface area contributed by atoms with Gasteiger partial charge < -0.3 is 14.8 Å². The van der Waals surface area contributed by atoms with Crippen molar-refractivity contribution in [3.8, 4) is 11.5 Å². The molecule has 132 valence electrons. The Hall–Kier alpha value is -2.25. The molecule has 8 heteroatoms. The van der Waals surface area contributed by atoms with Crippen molar-refractivity contribution >= 4 is 33.0 Å². The number of anilines is 1. The van der Waals surface area contributed by atoms with E-state index >= 15 is 0 Å². The van der Waals surface area contributed by atoms with E-state index in [1.54, 1.807) is 36.4 Å². The molecule has 1 aliphatic heterocycles. The minimum atomic E-state index is -3.18. The molecule has 2 aromatic rings. The Kier molecular flexibility index (Phi) is 4.87. The maximum atomic E-state index is 12.5. The molecule has 1 heterocycles. The van der Waals surface area contributed by atoms with Crippen LogP contribution in [-0.4, -0.2) is 33.8 Å². The van der Waals surface area contributed by atoms with Crippen LogP contribution in [0, 0.1) is 0 Å². The highest BCUT2D eigenvalue weighted by molar-refractivity contribution is 7.89. The molecule has 1 aliphatic rings. The predicted molar refractivity (Wildman–Crippen MR) is 95.4 cm³/mol. The molecule has 1 N–H and O–H groups in total. The molecule has 0 spiro atoms. The zero-order chi connectivity index (χ0) is 18.0. The van der Waals surface area contributed by atoms with Crippen molar-refractivity contribution in [3.05, 3.63) is 52.5 Å². The molecular weight excluding hydrogens is 366 g/mol. The second-order valence-electron chi connectivity index (χ2n) is 5.70. The highest BCUT2D eigenvalue weighted by Gasteiger charge is 2.17. The number of amides is 1.